The van der Waals surface area contributed by atoms with Crippen LogP contribution in [0.2, 0.25) is 0 Å². The molecule has 1 aliphatic rings. The Morgan fingerprint density at radius 3 is 1.29 bits per heavy atom. The highest BCUT2D eigenvalue weighted by Crippen LogP contribution is 2.25. The molecule has 7 N–H and O–H groups in total. The van der Waals surface area contributed by atoms with Crippen molar-refractivity contribution >= 4 is 11.9 Å². The van der Waals surface area contributed by atoms with Crippen LogP contribution in [-0.2, 0) is 9.53 Å². The number of nitrogens with zero attached hydrogens (tertiary/aromatic N) is 1. The van der Waals surface area contributed by atoms with E-state index in [4.69, 9.17) is 10.5 Å². The molecule has 1 saturated heterocycles. The Morgan fingerprint density at radius 2 is 0.927 bits per heavy atom. The van der Waals surface area contributed by atoms with Gasteiger partial charge in [-0.2, -0.15) is 0 Å². The summed E-state index contributed by atoms with van der Waals surface area (Å²) in [5.74, 6) is -0.525. The molecule has 5 atom stereocenters. The minimum atomic E-state index is -1.44. The summed E-state index contributed by atoms with van der Waals surface area (Å²) in [7, 11) is 0. The Labute approximate surface area is 338 Å². The van der Waals surface area contributed by atoms with Crippen LogP contribution in [0.5, 0.6) is 0 Å². The second kappa shape index (κ2) is 36.9. The molecule has 0 spiro atoms. The van der Waals surface area contributed by atoms with Crippen LogP contribution in [-0.4, -0.2) is 89.0 Å². The summed E-state index contributed by atoms with van der Waals surface area (Å²) in [6, 6.07) is -1.42. The highest BCUT2D eigenvalue weighted by Gasteiger charge is 2.48. The molecule has 1 rings (SSSR count). The van der Waals surface area contributed by atoms with Crippen LogP contribution in [0, 0.1) is 0 Å². The van der Waals surface area contributed by atoms with Crippen LogP contribution in [0.3, 0.4) is 0 Å². The molecule has 0 aromatic heterocycles. The van der Waals surface area contributed by atoms with Gasteiger partial charge in [-0.3, -0.25) is 9.69 Å². The van der Waals surface area contributed by atoms with Crippen molar-refractivity contribution in [1.82, 2.24) is 15.5 Å². The standard InChI is InChI=1S/C45H90N4O6/c1-3-5-7-9-11-13-15-17-19-21-23-25-27-29-31-33-35-47-45(54)49(44-41(48-40(51)37-46)43(53)42(52)39(38-50)55-44)36-34-32-30-28-26-24-22-20-18-16-14-12-10-8-6-4-2/h39,41-44,50,52-53H,3-38,46H2,1-2H3,(H,47,54)(H,48,51)/t39-,41-,42-,43-,44-/m1/s1. The topological polar surface area (TPSA) is 157 Å². The van der Waals surface area contributed by atoms with Crippen molar-refractivity contribution in [3.63, 3.8) is 0 Å². The molecular formula is C45H90N4O6. The van der Waals surface area contributed by atoms with E-state index in [9.17, 15) is 24.9 Å². The lowest BCUT2D eigenvalue weighted by Crippen LogP contribution is -2.69. The molecule has 55 heavy (non-hydrogen) atoms. The molecule has 0 unspecified atom stereocenters. The molecule has 326 valence electrons. The van der Waals surface area contributed by atoms with Gasteiger partial charge >= 0.3 is 6.03 Å². The van der Waals surface area contributed by atoms with Crippen LogP contribution in [0.25, 0.3) is 0 Å². The van der Waals surface area contributed by atoms with Crippen LogP contribution in [0.4, 0.5) is 4.79 Å². The van der Waals surface area contributed by atoms with E-state index in [1.165, 1.54) is 165 Å². The zero-order valence-corrected chi connectivity index (χ0v) is 35.9. The van der Waals surface area contributed by atoms with Crippen molar-refractivity contribution in [2.24, 2.45) is 5.73 Å². The average Bonchev–Trinajstić information content (AvgIpc) is 3.19. The molecular weight excluding hydrogens is 693 g/mol. The first-order valence-corrected chi connectivity index (χ1v) is 23.6. The molecule has 10 nitrogen and oxygen atoms in total. The summed E-state index contributed by atoms with van der Waals surface area (Å²) in [6.07, 6.45) is 35.6. The number of hydrogen-bond acceptors (Lipinski definition) is 7. The minimum absolute atomic E-state index is 0.306. The third-order valence-corrected chi connectivity index (χ3v) is 11.5. The Hall–Kier alpha value is -1.46. The fourth-order valence-corrected chi connectivity index (χ4v) is 7.91. The fourth-order valence-electron chi connectivity index (χ4n) is 7.91. The molecule has 0 saturated carbocycles. The predicted molar refractivity (Wildman–Crippen MR) is 228 cm³/mol. The number of carbonyl (C=O) groups excluding carboxylic acids is 2. The van der Waals surface area contributed by atoms with E-state index in [0.717, 1.165) is 44.9 Å². The summed E-state index contributed by atoms with van der Waals surface area (Å²) in [5, 5.41) is 37.2. The van der Waals surface area contributed by atoms with Crippen molar-refractivity contribution in [3.8, 4) is 0 Å². The lowest BCUT2D eigenvalue weighted by atomic mass is 9.95. The SMILES string of the molecule is CCCCCCCCCCCCCCCCCCNC(=O)N(CCCCCCCCCCCCCCCCCC)[C@@H]1O[C@H](CO)[C@@H](O)[C@H](O)[C@H]1NC(=O)CN. The van der Waals surface area contributed by atoms with Gasteiger partial charge in [-0.05, 0) is 12.8 Å². The van der Waals surface area contributed by atoms with E-state index in [0.29, 0.717) is 13.1 Å². The maximum atomic E-state index is 13.7. The number of rotatable bonds is 38. The van der Waals surface area contributed by atoms with Crippen molar-refractivity contribution in [2.45, 2.75) is 250 Å². The molecule has 0 aromatic rings. The van der Waals surface area contributed by atoms with Gasteiger partial charge in [0, 0.05) is 13.1 Å². The lowest BCUT2D eigenvalue weighted by molar-refractivity contribution is -0.224. The first-order chi connectivity index (χ1) is 26.9. The van der Waals surface area contributed by atoms with Crippen LogP contribution < -0.4 is 16.4 Å². The predicted octanol–water partition coefficient (Wildman–Crippen LogP) is 9.40. The van der Waals surface area contributed by atoms with E-state index in [1.807, 2.05) is 0 Å². The van der Waals surface area contributed by atoms with Gasteiger partial charge in [0.2, 0.25) is 5.91 Å². The van der Waals surface area contributed by atoms with E-state index in [-0.39, 0.29) is 12.6 Å². The quantitative estimate of drug-likeness (QED) is 0.0341. The normalized spacial score (nSPS) is 19.8. The lowest BCUT2D eigenvalue weighted by Gasteiger charge is -2.46. The molecule has 1 heterocycles. The van der Waals surface area contributed by atoms with Crippen molar-refractivity contribution in [3.05, 3.63) is 0 Å². The maximum absolute atomic E-state index is 13.7. The van der Waals surface area contributed by atoms with Gasteiger partial charge in [-0.15, -0.1) is 0 Å². The Kier molecular flexibility index (Phi) is 34.5. The van der Waals surface area contributed by atoms with Gasteiger partial charge < -0.3 is 36.4 Å². The number of urea groups is 1. The van der Waals surface area contributed by atoms with Gasteiger partial charge in [-0.1, -0.05) is 206 Å². The number of carbonyl (C=O) groups is 2. The summed E-state index contributed by atoms with van der Waals surface area (Å²) < 4.78 is 6.03. The monoisotopic (exact) mass is 783 g/mol. The molecule has 0 bridgehead atoms. The van der Waals surface area contributed by atoms with Crippen LogP contribution in [0.15, 0.2) is 0 Å². The molecule has 10 heteroatoms. The second-order valence-electron chi connectivity index (χ2n) is 16.6. The number of aliphatic hydroxyl groups excluding tert-OH is 3. The smallest absolute Gasteiger partial charge is 0.319 e. The summed E-state index contributed by atoms with van der Waals surface area (Å²) in [5.41, 5.74) is 5.55. The molecule has 0 aromatic carbocycles. The van der Waals surface area contributed by atoms with Gasteiger partial charge in [0.15, 0.2) is 6.23 Å². The van der Waals surface area contributed by atoms with E-state index >= 15 is 0 Å². The molecule has 1 aliphatic heterocycles. The number of hydrogen-bond donors (Lipinski definition) is 6. The second-order valence-corrected chi connectivity index (χ2v) is 16.6. The van der Waals surface area contributed by atoms with Gasteiger partial charge in [0.25, 0.3) is 0 Å². The average molecular weight is 783 g/mol. The maximum Gasteiger partial charge on any atom is 0.319 e. The molecule has 1 fully saturated rings. The third kappa shape index (κ3) is 26.2. The number of nitrogens with two attached hydrogens (primary N) is 1. The van der Waals surface area contributed by atoms with Crippen molar-refractivity contribution in [2.75, 3.05) is 26.2 Å². The Bertz CT molecular complexity index is 882. The van der Waals surface area contributed by atoms with Crippen molar-refractivity contribution < 1.29 is 29.6 Å². The molecule has 0 radical (unpaired) electrons. The molecule has 0 aliphatic carbocycles. The number of aliphatic hydroxyl groups is 3. The highest BCUT2D eigenvalue weighted by atomic mass is 16.5. The Morgan fingerprint density at radius 1 is 0.564 bits per heavy atom. The van der Waals surface area contributed by atoms with E-state index < -0.39 is 43.1 Å². The number of nitrogens with one attached hydrogen (secondary N) is 2. The van der Waals surface area contributed by atoms with Crippen LogP contribution in [0.1, 0.15) is 219 Å². The fraction of sp³-hybridized carbons (Fsp3) is 0.956. The van der Waals surface area contributed by atoms with Crippen molar-refractivity contribution in [1.29, 1.82) is 0 Å². The number of unbranched alkanes of at least 4 members (excludes halogenated alkanes) is 30. The third-order valence-electron chi connectivity index (χ3n) is 11.5. The Balaban J connectivity index is 2.44. The molecule has 3 amide bonds. The zero-order chi connectivity index (χ0) is 40.2. The number of ether oxygens (including phenoxy) is 1. The first kappa shape index (κ1) is 51.6. The van der Waals surface area contributed by atoms with E-state index in [2.05, 4.69) is 24.5 Å². The largest absolute Gasteiger partial charge is 0.394 e. The van der Waals surface area contributed by atoms with E-state index in [1.54, 1.807) is 0 Å². The van der Waals surface area contributed by atoms with Gasteiger partial charge in [0.05, 0.1) is 13.2 Å². The van der Waals surface area contributed by atoms with Gasteiger partial charge in [0.1, 0.15) is 24.4 Å². The van der Waals surface area contributed by atoms with Gasteiger partial charge in [-0.25, -0.2) is 4.79 Å². The zero-order valence-electron chi connectivity index (χ0n) is 35.9. The first-order valence-electron chi connectivity index (χ1n) is 23.6. The van der Waals surface area contributed by atoms with Crippen LogP contribution >= 0.6 is 0 Å². The summed E-state index contributed by atoms with van der Waals surface area (Å²) >= 11 is 0. The summed E-state index contributed by atoms with van der Waals surface area (Å²) in [6.45, 7) is 4.59. The summed E-state index contributed by atoms with van der Waals surface area (Å²) in [4.78, 5) is 27.5. The highest BCUT2D eigenvalue weighted by molar-refractivity contribution is 5.78. The number of amides is 3. The minimum Gasteiger partial charge on any atom is -0.394 e.